The molecule has 1 aromatic heterocycles. The maximum Gasteiger partial charge on any atom is 0.391 e. The molecule has 0 aliphatic rings. The van der Waals surface area contributed by atoms with E-state index in [9.17, 15) is 22.8 Å². The largest absolute Gasteiger partial charge is 0.480 e. The molecule has 0 fully saturated rings. The minimum absolute atomic E-state index is 0.116. The average molecular weight is 320 g/mol. The molecule has 9 heteroatoms. The van der Waals surface area contributed by atoms with Gasteiger partial charge in [0.1, 0.15) is 11.7 Å². The predicted molar refractivity (Wildman–Crippen MR) is 69.6 cm³/mol. The lowest BCUT2D eigenvalue weighted by Crippen LogP contribution is -2.43. The first kappa shape index (κ1) is 17.7. The Morgan fingerprint density at radius 2 is 2.00 bits per heavy atom. The van der Waals surface area contributed by atoms with Gasteiger partial charge in [-0.1, -0.05) is 6.07 Å². The first-order valence-electron chi connectivity index (χ1n) is 6.32. The molecule has 0 saturated carbocycles. The average Bonchev–Trinajstić information content (AvgIpc) is 2.35. The first-order valence-corrected chi connectivity index (χ1v) is 6.32. The van der Waals surface area contributed by atoms with Gasteiger partial charge in [0.2, 0.25) is 5.88 Å². The zero-order chi connectivity index (χ0) is 16.9. The van der Waals surface area contributed by atoms with E-state index in [1.165, 1.54) is 18.2 Å². The van der Waals surface area contributed by atoms with E-state index in [0.29, 0.717) is 0 Å². The molecule has 1 amide bonds. The van der Waals surface area contributed by atoms with Crippen molar-refractivity contribution in [2.45, 2.75) is 38.6 Å². The van der Waals surface area contributed by atoms with Gasteiger partial charge >= 0.3 is 12.1 Å². The fourth-order valence-electron chi connectivity index (χ4n) is 1.51. The van der Waals surface area contributed by atoms with Crippen LogP contribution in [0, 0.1) is 0 Å². The van der Waals surface area contributed by atoms with Crippen molar-refractivity contribution in [2.24, 2.45) is 0 Å². The molecule has 1 heterocycles. The van der Waals surface area contributed by atoms with Gasteiger partial charge in [-0.25, -0.2) is 9.78 Å². The van der Waals surface area contributed by atoms with Crippen LogP contribution in [0.4, 0.5) is 13.2 Å². The Kier molecular flexibility index (Phi) is 5.72. The molecule has 22 heavy (non-hydrogen) atoms. The lowest BCUT2D eigenvalue weighted by Gasteiger charge is -2.16. The molecule has 0 spiro atoms. The number of halogens is 3. The molecule has 0 aliphatic carbocycles. The molecule has 0 aliphatic heterocycles. The summed E-state index contributed by atoms with van der Waals surface area (Å²) in [7, 11) is 0. The van der Waals surface area contributed by atoms with Crippen molar-refractivity contribution in [1.82, 2.24) is 10.3 Å². The Balaban J connectivity index is 2.84. The van der Waals surface area contributed by atoms with Crippen LogP contribution in [0.15, 0.2) is 18.2 Å². The van der Waals surface area contributed by atoms with Crippen molar-refractivity contribution in [3.05, 3.63) is 23.9 Å². The molecule has 6 nitrogen and oxygen atoms in total. The Morgan fingerprint density at radius 3 is 2.50 bits per heavy atom. The molecule has 0 aromatic carbocycles. The second-order valence-corrected chi connectivity index (χ2v) is 4.71. The van der Waals surface area contributed by atoms with Gasteiger partial charge in [0.15, 0.2) is 0 Å². The summed E-state index contributed by atoms with van der Waals surface area (Å²) in [5.74, 6) is -2.68. The van der Waals surface area contributed by atoms with E-state index < -0.39 is 30.5 Å². The Morgan fingerprint density at radius 1 is 1.36 bits per heavy atom. The number of alkyl halides is 3. The SMILES string of the molecule is CC(C)Oc1cccc(C(=O)NC(CC(F)(F)F)C(=O)O)n1. The van der Waals surface area contributed by atoms with Crippen LogP contribution in [0.25, 0.3) is 0 Å². The van der Waals surface area contributed by atoms with E-state index in [2.05, 4.69) is 4.98 Å². The van der Waals surface area contributed by atoms with Crippen LogP contribution in [-0.4, -0.2) is 40.3 Å². The molecule has 1 rings (SSSR count). The summed E-state index contributed by atoms with van der Waals surface area (Å²) in [4.78, 5) is 26.4. The molecule has 0 bridgehead atoms. The zero-order valence-corrected chi connectivity index (χ0v) is 11.8. The van der Waals surface area contributed by atoms with Gasteiger partial charge in [-0.2, -0.15) is 13.2 Å². The molecule has 1 aromatic rings. The van der Waals surface area contributed by atoms with E-state index in [4.69, 9.17) is 9.84 Å². The number of hydrogen-bond acceptors (Lipinski definition) is 4. The number of carboxylic acid groups (broad SMARTS) is 1. The van der Waals surface area contributed by atoms with Gasteiger partial charge in [0.05, 0.1) is 12.5 Å². The summed E-state index contributed by atoms with van der Waals surface area (Å²) in [6, 6.07) is 2.07. The summed E-state index contributed by atoms with van der Waals surface area (Å²) in [5.41, 5.74) is -0.230. The van der Waals surface area contributed by atoms with Crippen LogP contribution in [0.1, 0.15) is 30.8 Å². The van der Waals surface area contributed by atoms with Gasteiger partial charge in [-0.05, 0) is 19.9 Å². The van der Waals surface area contributed by atoms with Crippen molar-refractivity contribution in [2.75, 3.05) is 0 Å². The summed E-state index contributed by atoms with van der Waals surface area (Å²) in [6.45, 7) is 3.47. The number of nitrogens with one attached hydrogen (secondary N) is 1. The summed E-state index contributed by atoms with van der Waals surface area (Å²) < 4.78 is 42.1. The first-order chi connectivity index (χ1) is 10.1. The number of aliphatic carboxylic acids is 1. The Labute approximate surface area is 124 Å². The number of pyridine rings is 1. The van der Waals surface area contributed by atoms with E-state index in [0.717, 1.165) is 0 Å². The number of hydrogen-bond donors (Lipinski definition) is 2. The number of ether oxygens (including phenoxy) is 1. The van der Waals surface area contributed by atoms with Crippen molar-refractivity contribution in [3.63, 3.8) is 0 Å². The smallest absolute Gasteiger partial charge is 0.391 e. The third-order valence-electron chi connectivity index (χ3n) is 2.35. The highest BCUT2D eigenvalue weighted by atomic mass is 19.4. The van der Waals surface area contributed by atoms with Crippen molar-refractivity contribution < 1.29 is 32.6 Å². The molecule has 1 atom stereocenters. The number of carbonyl (C=O) groups is 2. The third kappa shape index (κ3) is 5.98. The van der Waals surface area contributed by atoms with Crippen LogP contribution in [0.3, 0.4) is 0 Å². The number of nitrogens with zero attached hydrogens (tertiary/aromatic N) is 1. The third-order valence-corrected chi connectivity index (χ3v) is 2.35. The number of carbonyl (C=O) groups excluding carboxylic acids is 1. The minimum atomic E-state index is -4.72. The monoisotopic (exact) mass is 320 g/mol. The molecular formula is C13H15F3N2O4. The van der Waals surface area contributed by atoms with Crippen LogP contribution in [0.5, 0.6) is 5.88 Å². The normalized spacial score (nSPS) is 12.8. The van der Waals surface area contributed by atoms with Gasteiger partial charge in [0.25, 0.3) is 5.91 Å². The highest BCUT2D eigenvalue weighted by molar-refractivity contribution is 5.95. The standard InChI is InChI=1S/C13H15F3N2O4/c1-7(2)22-10-5-3-4-8(17-10)11(19)18-9(12(20)21)6-13(14,15)16/h3-5,7,9H,6H2,1-2H3,(H,18,19)(H,20,21). The highest BCUT2D eigenvalue weighted by Crippen LogP contribution is 2.22. The van der Waals surface area contributed by atoms with Crippen LogP contribution in [-0.2, 0) is 4.79 Å². The molecular weight excluding hydrogens is 305 g/mol. The molecule has 122 valence electrons. The van der Waals surface area contributed by atoms with Crippen LogP contribution >= 0.6 is 0 Å². The topological polar surface area (TPSA) is 88.5 Å². The second-order valence-electron chi connectivity index (χ2n) is 4.71. The van der Waals surface area contributed by atoms with Crippen LogP contribution < -0.4 is 10.1 Å². The number of aromatic nitrogens is 1. The lowest BCUT2D eigenvalue weighted by molar-refractivity contribution is -0.157. The fraction of sp³-hybridized carbons (Fsp3) is 0.462. The van der Waals surface area contributed by atoms with E-state index in [-0.39, 0.29) is 17.7 Å². The molecule has 1 unspecified atom stereocenters. The van der Waals surface area contributed by atoms with Crippen molar-refractivity contribution >= 4 is 11.9 Å². The maximum absolute atomic E-state index is 12.3. The summed E-state index contributed by atoms with van der Waals surface area (Å²) in [6.07, 6.45) is -6.59. The van der Waals surface area contributed by atoms with E-state index in [1.54, 1.807) is 19.2 Å². The maximum atomic E-state index is 12.3. The molecule has 0 saturated heterocycles. The Hall–Kier alpha value is -2.32. The van der Waals surface area contributed by atoms with Gasteiger partial charge in [0, 0.05) is 6.07 Å². The minimum Gasteiger partial charge on any atom is -0.480 e. The van der Waals surface area contributed by atoms with Crippen molar-refractivity contribution in [3.8, 4) is 5.88 Å². The Bertz CT molecular complexity index is 546. The number of carboxylic acids is 1. The lowest BCUT2D eigenvalue weighted by atomic mass is 10.2. The quantitative estimate of drug-likeness (QED) is 0.837. The summed E-state index contributed by atoms with van der Waals surface area (Å²) in [5, 5.41) is 10.5. The predicted octanol–water partition coefficient (Wildman–Crippen LogP) is 2.00. The molecule has 2 N–H and O–H groups in total. The van der Waals surface area contributed by atoms with Gasteiger partial charge in [-0.15, -0.1) is 0 Å². The number of amides is 1. The zero-order valence-electron chi connectivity index (χ0n) is 11.8. The van der Waals surface area contributed by atoms with E-state index >= 15 is 0 Å². The summed E-state index contributed by atoms with van der Waals surface area (Å²) >= 11 is 0. The second kappa shape index (κ2) is 7.10. The van der Waals surface area contributed by atoms with Gasteiger partial charge < -0.3 is 15.2 Å². The van der Waals surface area contributed by atoms with Gasteiger partial charge in [-0.3, -0.25) is 4.79 Å². The fourth-order valence-corrected chi connectivity index (χ4v) is 1.51. The number of rotatable bonds is 6. The molecule has 0 radical (unpaired) electrons. The van der Waals surface area contributed by atoms with E-state index in [1.807, 2.05) is 0 Å². The van der Waals surface area contributed by atoms with Crippen molar-refractivity contribution in [1.29, 1.82) is 0 Å². The highest BCUT2D eigenvalue weighted by Gasteiger charge is 2.36. The van der Waals surface area contributed by atoms with Crippen LogP contribution in [0.2, 0.25) is 0 Å².